The van der Waals surface area contributed by atoms with Gasteiger partial charge in [0.15, 0.2) is 0 Å². The normalized spacial score (nSPS) is 40.2. The number of aromatic nitrogens is 2. The van der Waals surface area contributed by atoms with E-state index in [0.717, 1.165) is 24.4 Å². The Morgan fingerprint density at radius 2 is 2.24 bits per heavy atom. The van der Waals surface area contributed by atoms with E-state index in [-0.39, 0.29) is 0 Å². The molecule has 1 N–H and O–H groups in total. The maximum absolute atomic E-state index is 4.43. The number of rotatable bonds is 2. The van der Waals surface area contributed by atoms with Crippen LogP contribution in [0.3, 0.4) is 0 Å². The molecule has 1 aromatic heterocycles. The van der Waals surface area contributed by atoms with E-state index < -0.39 is 0 Å². The first-order valence-corrected chi connectivity index (χ1v) is 7.14. The Morgan fingerprint density at radius 1 is 1.24 bits per heavy atom. The third-order valence-corrected chi connectivity index (χ3v) is 5.23. The van der Waals surface area contributed by atoms with Gasteiger partial charge in [-0.05, 0) is 44.1 Å². The summed E-state index contributed by atoms with van der Waals surface area (Å²) in [7, 11) is 0. The van der Waals surface area contributed by atoms with Gasteiger partial charge in [-0.15, -0.1) is 0 Å². The first-order chi connectivity index (χ1) is 8.42. The first-order valence-electron chi connectivity index (χ1n) is 7.14. The van der Waals surface area contributed by atoms with Crippen molar-refractivity contribution in [2.75, 3.05) is 13.1 Å². The van der Waals surface area contributed by atoms with Gasteiger partial charge >= 0.3 is 0 Å². The molecule has 1 aliphatic heterocycles. The van der Waals surface area contributed by atoms with Crippen LogP contribution in [0.2, 0.25) is 0 Å². The molecule has 1 aromatic rings. The molecular formula is C14H21N3. The summed E-state index contributed by atoms with van der Waals surface area (Å²) < 4.78 is 2.53. The molecule has 4 unspecified atom stereocenters. The van der Waals surface area contributed by atoms with Crippen LogP contribution >= 0.6 is 0 Å². The quantitative estimate of drug-likeness (QED) is 0.846. The van der Waals surface area contributed by atoms with E-state index in [9.17, 15) is 0 Å². The zero-order valence-corrected chi connectivity index (χ0v) is 10.3. The molecule has 2 saturated carbocycles. The van der Waals surface area contributed by atoms with Crippen molar-refractivity contribution in [2.24, 2.45) is 11.8 Å². The molecule has 1 saturated heterocycles. The van der Waals surface area contributed by atoms with Gasteiger partial charge in [-0.1, -0.05) is 6.42 Å². The summed E-state index contributed by atoms with van der Waals surface area (Å²) in [6.45, 7) is 2.32. The van der Waals surface area contributed by atoms with Gasteiger partial charge in [-0.25, -0.2) is 4.98 Å². The lowest BCUT2D eigenvalue weighted by atomic mass is 9.94. The van der Waals surface area contributed by atoms with Crippen molar-refractivity contribution in [2.45, 2.75) is 44.1 Å². The van der Waals surface area contributed by atoms with Crippen molar-refractivity contribution in [3.63, 3.8) is 0 Å². The molecule has 2 bridgehead atoms. The fourth-order valence-electron chi connectivity index (χ4n) is 4.37. The van der Waals surface area contributed by atoms with Gasteiger partial charge in [0.05, 0.1) is 6.33 Å². The highest BCUT2D eigenvalue weighted by Crippen LogP contribution is 2.51. The molecule has 92 valence electrons. The Morgan fingerprint density at radius 3 is 2.94 bits per heavy atom. The second-order valence-electron chi connectivity index (χ2n) is 6.16. The van der Waals surface area contributed by atoms with Crippen LogP contribution in [-0.2, 0) is 0 Å². The van der Waals surface area contributed by atoms with E-state index in [2.05, 4.69) is 27.4 Å². The lowest BCUT2D eigenvalue weighted by Gasteiger charge is -2.26. The molecule has 3 heteroatoms. The Bertz CT molecular complexity index is 405. The predicted octanol–water partition coefficient (Wildman–Crippen LogP) is 2.32. The van der Waals surface area contributed by atoms with Crippen LogP contribution in [0.5, 0.6) is 0 Å². The molecule has 3 fully saturated rings. The van der Waals surface area contributed by atoms with Crippen molar-refractivity contribution in [1.82, 2.24) is 14.9 Å². The third-order valence-electron chi connectivity index (χ3n) is 5.23. The largest absolute Gasteiger partial charge is 0.331 e. The number of hydrogen-bond donors (Lipinski definition) is 1. The minimum Gasteiger partial charge on any atom is -0.331 e. The summed E-state index contributed by atoms with van der Waals surface area (Å²) >= 11 is 0. The smallest absolute Gasteiger partial charge is 0.0950 e. The van der Waals surface area contributed by atoms with Gasteiger partial charge in [0.25, 0.3) is 0 Å². The number of nitrogens with zero attached hydrogens (tertiary/aromatic N) is 2. The lowest BCUT2D eigenvalue weighted by molar-refractivity contribution is 0.320. The Kier molecular flexibility index (Phi) is 2.29. The summed E-state index contributed by atoms with van der Waals surface area (Å²) in [6, 6.07) is 0.770. The minimum atomic E-state index is 0.705. The maximum Gasteiger partial charge on any atom is 0.0950 e. The Hall–Kier alpha value is -0.830. The third kappa shape index (κ3) is 1.55. The number of imidazole rings is 1. The molecule has 3 nitrogen and oxygen atoms in total. The van der Waals surface area contributed by atoms with Crippen molar-refractivity contribution in [1.29, 1.82) is 0 Å². The second kappa shape index (κ2) is 3.84. The van der Waals surface area contributed by atoms with Crippen LogP contribution in [-0.4, -0.2) is 22.6 Å². The summed E-state index contributed by atoms with van der Waals surface area (Å²) in [5.41, 5.74) is 1.49. The number of hydrogen-bond acceptors (Lipinski definition) is 2. The molecule has 2 heterocycles. The van der Waals surface area contributed by atoms with Gasteiger partial charge in [-0.3, -0.25) is 0 Å². The van der Waals surface area contributed by atoms with Crippen LogP contribution < -0.4 is 5.32 Å². The molecule has 0 amide bonds. The molecule has 0 radical (unpaired) electrons. The summed E-state index contributed by atoms with van der Waals surface area (Å²) in [4.78, 5) is 4.43. The van der Waals surface area contributed by atoms with Gasteiger partial charge in [0.1, 0.15) is 0 Å². The van der Waals surface area contributed by atoms with E-state index in [4.69, 9.17) is 0 Å². The standard InChI is InChI=1S/C14H21N3/c1-2-11-5-10(1)6-13(11)17-9-16-8-14(17)12-3-4-15-7-12/h8-13,15H,1-7H2. The predicted molar refractivity (Wildman–Crippen MR) is 66.9 cm³/mol. The van der Waals surface area contributed by atoms with Gasteiger partial charge in [-0.2, -0.15) is 0 Å². The van der Waals surface area contributed by atoms with Gasteiger partial charge in [0.2, 0.25) is 0 Å². The highest BCUT2D eigenvalue weighted by molar-refractivity contribution is 5.12. The fourth-order valence-corrected chi connectivity index (χ4v) is 4.37. The van der Waals surface area contributed by atoms with Gasteiger partial charge < -0.3 is 9.88 Å². The van der Waals surface area contributed by atoms with E-state index in [1.165, 1.54) is 44.3 Å². The van der Waals surface area contributed by atoms with Gasteiger partial charge in [0, 0.05) is 30.4 Å². The van der Waals surface area contributed by atoms with Crippen molar-refractivity contribution >= 4 is 0 Å². The highest BCUT2D eigenvalue weighted by atomic mass is 15.1. The monoisotopic (exact) mass is 231 g/mol. The highest BCUT2D eigenvalue weighted by Gasteiger charge is 2.41. The molecule has 0 aromatic carbocycles. The second-order valence-corrected chi connectivity index (χ2v) is 6.16. The fraction of sp³-hybridized carbons (Fsp3) is 0.786. The van der Waals surface area contributed by atoms with Crippen LogP contribution in [0.4, 0.5) is 0 Å². The molecule has 4 atom stereocenters. The summed E-state index contributed by atoms with van der Waals surface area (Å²) in [5, 5.41) is 3.47. The van der Waals surface area contributed by atoms with Crippen LogP contribution in [0.15, 0.2) is 12.5 Å². The van der Waals surface area contributed by atoms with E-state index in [1.54, 1.807) is 0 Å². The molecule has 3 aliphatic rings. The average molecular weight is 231 g/mol. The van der Waals surface area contributed by atoms with Crippen LogP contribution in [0, 0.1) is 11.8 Å². The lowest BCUT2D eigenvalue weighted by Crippen LogP contribution is -2.19. The minimum absolute atomic E-state index is 0.705. The molecule has 17 heavy (non-hydrogen) atoms. The SMILES string of the molecule is c1ncn(C2CC3CCC2C3)c1C1CCNC1. The molecule has 0 spiro atoms. The average Bonchev–Trinajstić information content (AvgIpc) is 3.12. The summed E-state index contributed by atoms with van der Waals surface area (Å²) in [6.07, 6.45) is 11.3. The summed E-state index contributed by atoms with van der Waals surface area (Å²) in [5.74, 6) is 2.67. The van der Waals surface area contributed by atoms with Crippen LogP contribution in [0.1, 0.15) is 49.8 Å². The molecular weight excluding hydrogens is 210 g/mol. The first kappa shape index (κ1) is 10.1. The van der Waals surface area contributed by atoms with E-state index >= 15 is 0 Å². The van der Waals surface area contributed by atoms with Crippen LogP contribution in [0.25, 0.3) is 0 Å². The zero-order valence-electron chi connectivity index (χ0n) is 10.3. The number of nitrogens with one attached hydrogen (secondary N) is 1. The Labute approximate surface area is 103 Å². The van der Waals surface area contributed by atoms with Crippen molar-refractivity contribution < 1.29 is 0 Å². The van der Waals surface area contributed by atoms with E-state index in [0.29, 0.717) is 5.92 Å². The van der Waals surface area contributed by atoms with Crippen molar-refractivity contribution in [3.05, 3.63) is 18.2 Å². The maximum atomic E-state index is 4.43. The molecule has 4 rings (SSSR count). The Balaban J connectivity index is 1.63. The molecule has 2 aliphatic carbocycles. The zero-order chi connectivity index (χ0) is 11.2. The van der Waals surface area contributed by atoms with Crippen molar-refractivity contribution in [3.8, 4) is 0 Å². The topological polar surface area (TPSA) is 29.9 Å². The number of fused-ring (bicyclic) bond motifs is 2. The van der Waals surface area contributed by atoms with E-state index in [1.807, 2.05) is 0 Å².